The van der Waals surface area contributed by atoms with Crippen LogP contribution in [0.2, 0.25) is 5.02 Å². The van der Waals surface area contributed by atoms with Crippen molar-refractivity contribution in [1.82, 2.24) is 4.90 Å². The quantitative estimate of drug-likeness (QED) is 0.370. The van der Waals surface area contributed by atoms with Crippen molar-refractivity contribution in [1.29, 1.82) is 0 Å². The first-order chi connectivity index (χ1) is 17.4. The molecule has 0 aliphatic carbocycles. The molecule has 1 atom stereocenters. The summed E-state index contributed by atoms with van der Waals surface area (Å²) in [5.41, 5.74) is 1.73. The monoisotopic (exact) mass is 515 g/mol. The summed E-state index contributed by atoms with van der Waals surface area (Å²) in [7, 11) is 0. The van der Waals surface area contributed by atoms with Crippen LogP contribution in [0.3, 0.4) is 0 Å². The molecule has 0 N–H and O–H groups in total. The fourth-order valence-electron chi connectivity index (χ4n) is 4.19. The third-order valence-corrected chi connectivity index (χ3v) is 6.03. The summed E-state index contributed by atoms with van der Waals surface area (Å²) in [6, 6.07) is 15.4. The van der Waals surface area contributed by atoms with Gasteiger partial charge in [0, 0.05) is 17.1 Å². The summed E-state index contributed by atoms with van der Waals surface area (Å²) in [6.07, 6.45) is -0.550. The number of ether oxygens (including phenoxy) is 3. The van der Waals surface area contributed by atoms with Gasteiger partial charge in [0.15, 0.2) is 18.2 Å². The molecular formula is C27H24ClF2NO5. The van der Waals surface area contributed by atoms with E-state index in [9.17, 15) is 18.4 Å². The summed E-state index contributed by atoms with van der Waals surface area (Å²) in [6.45, 7) is 1.60. The van der Waals surface area contributed by atoms with Gasteiger partial charge in [0.2, 0.25) is 0 Å². The number of rotatable bonds is 7. The predicted octanol–water partition coefficient (Wildman–Crippen LogP) is 5.84. The highest BCUT2D eigenvalue weighted by Gasteiger charge is 2.37. The second-order valence-corrected chi connectivity index (χ2v) is 8.53. The highest BCUT2D eigenvalue weighted by atomic mass is 35.5. The van der Waals surface area contributed by atoms with Gasteiger partial charge in [-0.25, -0.2) is 18.4 Å². The van der Waals surface area contributed by atoms with Crippen LogP contribution in [0.25, 0.3) is 0 Å². The molecule has 0 saturated carbocycles. The maximum atomic E-state index is 14.8. The molecular weight excluding hydrogens is 492 g/mol. The minimum Gasteiger partial charge on any atom is -0.482 e. The molecule has 1 aliphatic rings. The van der Waals surface area contributed by atoms with Crippen LogP contribution in [-0.2, 0) is 27.3 Å². The topological polar surface area (TPSA) is 65.1 Å². The van der Waals surface area contributed by atoms with Gasteiger partial charge in [-0.2, -0.15) is 0 Å². The van der Waals surface area contributed by atoms with Gasteiger partial charge in [0.25, 0.3) is 0 Å². The van der Waals surface area contributed by atoms with E-state index in [-0.39, 0.29) is 44.1 Å². The van der Waals surface area contributed by atoms with Gasteiger partial charge >= 0.3 is 12.1 Å². The number of nitrogens with zero attached hydrogens (tertiary/aromatic N) is 1. The van der Waals surface area contributed by atoms with Crippen molar-refractivity contribution in [2.45, 2.75) is 26.0 Å². The Labute approximate surface area is 212 Å². The van der Waals surface area contributed by atoms with Gasteiger partial charge in [-0.1, -0.05) is 48.0 Å². The molecule has 3 aromatic rings. The Balaban J connectivity index is 1.72. The fourth-order valence-corrected chi connectivity index (χ4v) is 4.37. The number of halogens is 3. The van der Waals surface area contributed by atoms with E-state index in [1.807, 2.05) is 30.3 Å². The summed E-state index contributed by atoms with van der Waals surface area (Å²) in [5, 5.41) is 0.334. The first-order valence-electron chi connectivity index (χ1n) is 11.4. The Bertz CT molecular complexity index is 1250. The van der Waals surface area contributed by atoms with Gasteiger partial charge in [-0.3, -0.25) is 4.90 Å². The Morgan fingerprint density at radius 3 is 2.56 bits per heavy atom. The van der Waals surface area contributed by atoms with Gasteiger partial charge in [-0.05, 0) is 54.3 Å². The Kier molecular flexibility index (Phi) is 8.05. The minimum atomic E-state index is -0.975. The molecule has 0 bridgehead atoms. The maximum Gasteiger partial charge on any atom is 0.410 e. The van der Waals surface area contributed by atoms with Gasteiger partial charge in [-0.15, -0.1) is 0 Å². The minimum absolute atomic E-state index is 0.0370. The normalized spacial score (nSPS) is 14.7. The van der Waals surface area contributed by atoms with Crippen LogP contribution in [0.1, 0.15) is 35.2 Å². The lowest BCUT2D eigenvalue weighted by molar-refractivity contribution is -0.145. The average molecular weight is 516 g/mol. The number of hydrogen-bond donors (Lipinski definition) is 0. The van der Waals surface area contributed by atoms with Crippen LogP contribution >= 0.6 is 11.6 Å². The molecule has 9 heteroatoms. The molecule has 4 rings (SSSR count). The highest BCUT2D eigenvalue weighted by molar-refractivity contribution is 6.30. The standard InChI is InChI=1S/C27H24ClF2NO5/c1-2-34-24(32)16-35-23-11-8-18(28)14-21(23)26-20-9-10-22(29)25(30)19(20)12-13-31(26)27(33)36-15-17-6-4-3-5-7-17/h3-11,14,26H,2,12-13,15-16H2,1H3/t26-/m0/s1. The van der Waals surface area contributed by atoms with E-state index >= 15 is 0 Å². The van der Waals surface area contributed by atoms with E-state index in [1.54, 1.807) is 25.1 Å². The Hall–Kier alpha value is -3.65. The second-order valence-electron chi connectivity index (χ2n) is 8.09. The Morgan fingerprint density at radius 1 is 1.03 bits per heavy atom. The lowest BCUT2D eigenvalue weighted by Crippen LogP contribution is -2.41. The van der Waals surface area contributed by atoms with E-state index < -0.39 is 29.7 Å². The van der Waals surface area contributed by atoms with Crippen molar-refractivity contribution in [3.05, 3.63) is 99.6 Å². The highest BCUT2D eigenvalue weighted by Crippen LogP contribution is 2.42. The van der Waals surface area contributed by atoms with Crippen molar-refractivity contribution < 1.29 is 32.6 Å². The molecule has 1 amide bonds. The SMILES string of the molecule is CCOC(=O)COc1ccc(Cl)cc1[C@@H]1c2ccc(F)c(F)c2CCN1C(=O)OCc1ccccc1. The van der Waals surface area contributed by atoms with E-state index in [4.69, 9.17) is 25.8 Å². The molecule has 3 aromatic carbocycles. The van der Waals surface area contributed by atoms with E-state index in [1.165, 1.54) is 11.0 Å². The molecule has 0 radical (unpaired) electrons. The van der Waals surface area contributed by atoms with Gasteiger partial charge in [0.1, 0.15) is 12.4 Å². The van der Waals surface area contributed by atoms with Crippen LogP contribution < -0.4 is 4.74 Å². The second kappa shape index (κ2) is 11.4. The van der Waals surface area contributed by atoms with Gasteiger partial charge in [0.05, 0.1) is 12.6 Å². The third kappa shape index (κ3) is 5.60. The Morgan fingerprint density at radius 2 is 1.81 bits per heavy atom. The van der Waals surface area contributed by atoms with Crippen molar-refractivity contribution in [2.24, 2.45) is 0 Å². The molecule has 0 saturated heterocycles. The molecule has 0 aromatic heterocycles. The first kappa shape index (κ1) is 25.4. The van der Waals surface area contributed by atoms with E-state index in [2.05, 4.69) is 0 Å². The van der Waals surface area contributed by atoms with Crippen LogP contribution in [0.15, 0.2) is 60.7 Å². The van der Waals surface area contributed by atoms with Crippen molar-refractivity contribution in [3.63, 3.8) is 0 Å². The molecule has 0 fully saturated rings. The number of carbonyl (C=O) groups excluding carboxylic acids is 2. The smallest absolute Gasteiger partial charge is 0.410 e. The fraction of sp³-hybridized carbons (Fsp3) is 0.259. The third-order valence-electron chi connectivity index (χ3n) is 5.80. The molecule has 0 spiro atoms. The summed E-state index contributed by atoms with van der Waals surface area (Å²) in [5.74, 6) is -2.27. The molecule has 1 heterocycles. The van der Waals surface area contributed by atoms with Crippen molar-refractivity contribution in [3.8, 4) is 5.75 Å². The number of hydrogen-bond acceptors (Lipinski definition) is 5. The molecule has 0 unspecified atom stereocenters. The van der Waals surface area contributed by atoms with Crippen LogP contribution in [0, 0.1) is 11.6 Å². The lowest BCUT2D eigenvalue weighted by Gasteiger charge is -2.37. The van der Waals surface area contributed by atoms with Crippen molar-refractivity contribution in [2.75, 3.05) is 19.8 Å². The largest absolute Gasteiger partial charge is 0.482 e. The average Bonchev–Trinajstić information content (AvgIpc) is 2.89. The molecule has 6 nitrogen and oxygen atoms in total. The zero-order valence-corrected chi connectivity index (χ0v) is 20.3. The number of fused-ring (bicyclic) bond motifs is 1. The predicted molar refractivity (Wildman–Crippen MR) is 129 cm³/mol. The number of carbonyl (C=O) groups is 2. The number of benzene rings is 3. The van der Waals surface area contributed by atoms with E-state index in [0.717, 1.165) is 11.6 Å². The van der Waals surface area contributed by atoms with E-state index in [0.29, 0.717) is 16.1 Å². The number of esters is 1. The first-order valence-corrected chi connectivity index (χ1v) is 11.8. The van der Waals surface area contributed by atoms with Crippen molar-refractivity contribution >= 4 is 23.7 Å². The summed E-state index contributed by atoms with van der Waals surface area (Å²) < 4.78 is 45.0. The van der Waals surface area contributed by atoms with Gasteiger partial charge < -0.3 is 14.2 Å². The maximum absolute atomic E-state index is 14.8. The zero-order valence-electron chi connectivity index (χ0n) is 19.5. The molecule has 188 valence electrons. The number of amides is 1. The van der Waals surface area contributed by atoms with Crippen LogP contribution in [-0.4, -0.2) is 36.7 Å². The summed E-state index contributed by atoms with van der Waals surface area (Å²) >= 11 is 6.28. The van der Waals surface area contributed by atoms with Crippen LogP contribution in [0.4, 0.5) is 13.6 Å². The molecule has 1 aliphatic heterocycles. The van der Waals surface area contributed by atoms with Crippen LogP contribution in [0.5, 0.6) is 5.75 Å². The zero-order chi connectivity index (χ0) is 25.7. The summed E-state index contributed by atoms with van der Waals surface area (Å²) in [4.78, 5) is 26.6. The molecule has 36 heavy (non-hydrogen) atoms. The lowest BCUT2D eigenvalue weighted by atomic mass is 9.87.